The smallest absolute Gasteiger partial charge is 0.309 e. The van der Waals surface area contributed by atoms with Gasteiger partial charge in [0.05, 0.1) is 12.2 Å². The van der Waals surface area contributed by atoms with Crippen molar-refractivity contribution in [1.82, 2.24) is 9.55 Å². The van der Waals surface area contributed by atoms with E-state index in [0.29, 0.717) is 6.54 Å². The Hall–Kier alpha value is -2.55. The van der Waals surface area contributed by atoms with E-state index < -0.39 is 0 Å². The molecule has 0 amide bonds. The van der Waals surface area contributed by atoms with E-state index in [2.05, 4.69) is 35.3 Å². The molecule has 3 nitrogen and oxygen atoms in total. The number of imidazole rings is 1. The van der Waals surface area contributed by atoms with E-state index >= 15 is 0 Å². The molecular formula is C18H16N2O. The van der Waals surface area contributed by atoms with E-state index in [1.54, 1.807) is 0 Å². The molecule has 1 aliphatic rings. The number of aromatic amines is 1. The van der Waals surface area contributed by atoms with E-state index in [9.17, 15) is 4.79 Å². The van der Waals surface area contributed by atoms with Crippen molar-refractivity contribution in [3.63, 3.8) is 0 Å². The van der Waals surface area contributed by atoms with Gasteiger partial charge in [-0.05, 0) is 24.0 Å². The first-order valence-corrected chi connectivity index (χ1v) is 7.27. The SMILES string of the molecule is O=c1[nH]c2c(n1Cc1ccccc1)-c1ccccc1CC2. The molecule has 3 aromatic rings. The number of rotatable bonds is 2. The Morgan fingerprint density at radius 1 is 0.952 bits per heavy atom. The molecule has 0 saturated carbocycles. The summed E-state index contributed by atoms with van der Waals surface area (Å²) in [6.07, 6.45) is 1.90. The van der Waals surface area contributed by atoms with Crippen molar-refractivity contribution in [2.24, 2.45) is 0 Å². The highest BCUT2D eigenvalue weighted by atomic mass is 16.1. The molecule has 21 heavy (non-hydrogen) atoms. The van der Waals surface area contributed by atoms with Crippen molar-refractivity contribution in [3.05, 3.63) is 81.9 Å². The Morgan fingerprint density at radius 3 is 2.57 bits per heavy atom. The summed E-state index contributed by atoms with van der Waals surface area (Å²) in [6.45, 7) is 0.611. The van der Waals surface area contributed by atoms with Crippen LogP contribution in [0.4, 0.5) is 0 Å². The number of nitrogens with zero attached hydrogens (tertiary/aromatic N) is 1. The minimum Gasteiger partial charge on any atom is -0.309 e. The van der Waals surface area contributed by atoms with Crippen molar-refractivity contribution < 1.29 is 0 Å². The van der Waals surface area contributed by atoms with E-state index in [1.165, 1.54) is 11.1 Å². The van der Waals surface area contributed by atoms with Gasteiger partial charge in [-0.15, -0.1) is 0 Å². The second kappa shape index (κ2) is 4.77. The van der Waals surface area contributed by atoms with Gasteiger partial charge in [-0.1, -0.05) is 54.6 Å². The zero-order valence-corrected chi connectivity index (χ0v) is 11.7. The van der Waals surface area contributed by atoms with Gasteiger partial charge in [-0.3, -0.25) is 4.57 Å². The lowest BCUT2D eigenvalue weighted by atomic mass is 9.92. The fraction of sp³-hybridized carbons (Fsp3) is 0.167. The Labute approximate surface area is 122 Å². The largest absolute Gasteiger partial charge is 0.326 e. The summed E-state index contributed by atoms with van der Waals surface area (Å²) in [5, 5.41) is 0. The van der Waals surface area contributed by atoms with Crippen LogP contribution in [0.25, 0.3) is 11.3 Å². The number of aryl methyl sites for hydroxylation is 2. The standard InChI is InChI=1S/C18H16N2O/c21-18-19-16-11-10-14-8-4-5-9-15(14)17(16)20(18)12-13-6-2-1-3-7-13/h1-9H,10-12H2,(H,19,21). The summed E-state index contributed by atoms with van der Waals surface area (Å²) in [5.74, 6) is 0. The quantitative estimate of drug-likeness (QED) is 0.767. The van der Waals surface area contributed by atoms with E-state index in [0.717, 1.165) is 29.8 Å². The second-order valence-electron chi connectivity index (χ2n) is 5.49. The zero-order valence-electron chi connectivity index (χ0n) is 11.7. The second-order valence-corrected chi connectivity index (χ2v) is 5.49. The van der Waals surface area contributed by atoms with Crippen molar-refractivity contribution in [1.29, 1.82) is 0 Å². The van der Waals surface area contributed by atoms with Gasteiger partial charge < -0.3 is 4.98 Å². The Morgan fingerprint density at radius 2 is 1.71 bits per heavy atom. The van der Waals surface area contributed by atoms with Crippen molar-refractivity contribution in [2.45, 2.75) is 19.4 Å². The molecule has 1 aliphatic carbocycles. The molecule has 104 valence electrons. The molecule has 3 heteroatoms. The highest BCUT2D eigenvalue weighted by Crippen LogP contribution is 2.31. The number of hydrogen-bond acceptors (Lipinski definition) is 1. The summed E-state index contributed by atoms with van der Waals surface area (Å²) in [5.41, 5.74) is 5.77. The molecule has 0 unspecified atom stereocenters. The lowest BCUT2D eigenvalue weighted by molar-refractivity contribution is 0.766. The molecular weight excluding hydrogens is 260 g/mol. The first-order chi connectivity index (χ1) is 10.3. The van der Waals surface area contributed by atoms with Crippen LogP contribution >= 0.6 is 0 Å². The average Bonchev–Trinajstić information content (AvgIpc) is 2.85. The predicted octanol–water partition coefficient (Wildman–Crippen LogP) is 2.99. The van der Waals surface area contributed by atoms with Crippen LogP contribution in [0, 0.1) is 0 Å². The monoisotopic (exact) mass is 276 g/mol. The van der Waals surface area contributed by atoms with E-state index in [4.69, 9.17) is 0 Å². The summed E-state index contributed by atoms with van der Waals surface area (Å²) < 4.78 is 1.86. The molecule has 0 spiro atoms. The van der Waals surface area contributed by atoms with Gasteiger partial charge in [-0.2, -0.15) is 0 Å². The summed E-state index contributed by atoms with van der Waals surface area (Å²) in [6, 6.07) is 18.5. The summed E-state index contributed by atoms with van der Waals surface area (Å²) in [7, 11) is 0. The van der Waals surface area contributed by atoms with Crippen LogP contribution in [0.15, 0.2) is 59.4 Å². The molecule has 2 aromatic carbocycles. The van der Waals surface area contributed by atoms with Crippen molar-refractivity contribution in [3.8, 4) is 11.3 Å². The predicted molar refractivity (Wildman–Crippen MR) is 83.4 cm³/mol. The molecule has 1 N–H and O–H groups in total. The first kappa shape index (κ1) is 12.2. The van der Waals surface area contributed by atoms with Crippen LogP contribution in [0.3, 0.4) is 0 Å². The van der Waals surface area contributed by atoms with Gasteiger partial charge in [0.15, 0.2) is 0 Å². The third-order valence-corrected chi connectivity index (χ3v) is 4.16. The van der Waals surface area contributed by atoms with Gasteiger partial charge in [0.25, 0.3) is 0 Å². The maximum absolute atomic E-state index is 12.3. The van der Waals surface area contributed by atoms with E-state index in [1.807, 2.05) is 28.8 Å². The molecule has 1 heterocycles. The molecule has 0 aliphatic heterocycles. The molecule has 0 radical (unpaired) electrons. The number of fused-ring (bicyclic) bond motifs is 3. The van der Waals surface area contributed by atoms with Gasteiger partial charge in [0, 0.05) is 11.3 Å². The lowest BCUT2D eigenvalue weighted by Crippen LogP contribution is -2.18. The topological polar surface area (TPSA) is 37.8 Å². The normalized spacial score (nSPS) is 12.8. The molecule has 4 rings (SSSR count). The van der Waals surface area contributed by atoms with Crippen LogP contribution in [0.1, 0.15) is 16.8 Å². The van der Waals surface area contributed by atoms with Crippen LogP contribution in [-0.2, 0) is 19.4 Å². The number of H-pyrrole nitrogens is 1. The van der Waals surface area contributed by atoms with Crippen LogP contribution in [-0.4, -0.2) is 9.55 Å². The molecule has 0 atom stereocenters. The number of benzene rings is 2. The van der Waals surface area contributed by atoms with Gasteiger partial charge in [-0.25, -0.2) is 4.79 Å². The third-order valence-electron chi connectivity index (χ3n) is 4.16. The number of nitrogens with one attached hydrogen (secondary N) is 1. The molecule has 0 fully saturated rings. The minimum atomic E-state index is -0.0134. The zero-order chi connectivity index (χ0) is 14.2. The Kier molecular flexibility index (Phi) is 2.78. The Balaban J connectivity index is 1.87. The lowest BCUT2D eigenvalue weighted by Gasteiger charge is -2.18. The fourth-order valence-corrected chi connectivity index (χ4v) is 3.15. The van der Waals surface area contributed by atoms with Gasteiger partial charge >= 0.3 is 5.69 Å². The number of hydrogen-bond donors (Lipinski definition) is 1. The molecule has 1 aromatic heterocycles. The third kappa shape index (κ3) is 2.02. The minimum absolute atomic E-state index is 0.0134. The average molecular weight is 276 g/mol. The van der Waals surface area contributed by atoms with Gasteiger partial charge in [0.1, 0.15) is 0 Å². The molecule has 0 saturated heterocycles. The van der Waals surface area contributed by atoms with E-state index in [-0.39, 0.29) is 5.69 Å². The van der Waals surface area contributed by atoms with Crippen molar-refractivity contribution in [2.75, 3.05) is 0 Å². The highest BCUT2D eigenvalue weighted by molar-refractivity contribution is 5.69. The van der Waals surface area contributed by atoms with Crippen LogP contribution in [0.2, 0.25) is 0 Å². The Bertz CT molecular complexity index is 843. The van der Waals surface area contributed by atoms with Crippen molar-refractivity contribution >= 4 is 0 Å². The summed E-state index contributed by atoms with van der Waals surface area (Å²) >= 11 is 0. The maximum Gasteiger partial charge on any atom is 0.326 e. The highest BCUT2D eigenvalue weighted by Gasteiger charge is 2.22. The fourth-order valence-electron chi connectivity index (χ4n) is 3.15. The van der Waals surface area contributed by atoms with Crippen LogP contribution in [0.5, 0.6) is 0 Å². The first-order valence-electron chi connectivity index (χ1n) is 7.27. The number of aromatic nitrogens is 2. The van der Waals surface area contributed by atoms with Gasteiger partial charge in [0.2, 0.25) is 0 Å². The summed E-state index contributed by atoms with van der Waals surface area (Å²) in [4.78, 5) is 15.4. The maximum atomic E-state index is 12.3. The van der Waals surface area contributed by atoms with Crippen LogP contribution < -0.4 is 5.69 Å². The molecule has 0 bridgehead atoms.